The SMILES string of the molecule is NNC(=O)Nc1ccc(Br)cc1O. The summed E-state index contributed by atoms with van der Waals surface area (Å²) in [4.78, 5) is 10.7. The Morgan fingerprint density at radius 2 is 2.23 bits per heavy atom. The molecule has 0 spiro atoms. The van der Waals surface area contributed by atoms with E-state index in [0.29, 0.717) is 5.69 Å². The number of phenols is 1. The molecule has 2 amide bonds. The third-order valence-corrected chi connectivity index (χ3v) is 1.83. The number of benzene rings is 1. The quantitative estimate of drug-likeness (QED) is 0.259. The van der Waals surface area contributed by atoms with Gasteiger partial charge in [0.15, 0.2) is 0 Å². The average Bonchev–Trinajstić information content (AvgIpc) is 2.09. The van der Waals surface area contributed by atoms with E-state index in [-0.39, 0.29) is 5.75 Å². The Labute approximate surface area is 83.0 Å². The van der Waals surface area contributed by atoms with Crippen LogP contribution >= 0.6 is 15.9 Å². The van der Waals surface area contributed by atoms with Crippen molar-refractivity contribution in [2.75, 3.05) is 5.32 Å². The third kappa shape index (κ3) is 2.60. The molecule has 5 nitrogen and oxygen atoms in total. The summed E-state index contributed by atoms with van der Waals surface area (Å²) in [6.07, 6.45) is 0. The molecule has 0 heterocycles. The van der Waals surface area contributed by atoms with Crippen molar-refractivity contribution in [1.82, 2.24) is 5.43 Å². The molecule has 1 aromatic carbocycles. The molecule has 0 radical (unpaired) electrons. The normalized spacial score (nSPS) is 9.38. The van der Waals surface area contributed by atoms with Gasteiger partial charge in [-0.3, -0.25) is 5.43 Å². The lowest BCUT2D eigenvalue weighted by Gasteiger charge is -2.05. The van der Waals surface area contributed by atoms with Crippen molar-refractivity contribution in [3.63, 3.8) is 0 Å². The molecule has 70 valence electrons. The lowest BCUT2D eigenvalue weighted by atomic mass is 10.3. The van der Waals surface area contributed by atoms with Crippen molar-refractivity contribution < 1.29 is 9.90 Å². The lowest BCUT2D eigenvalue weighted by Crippen LogP contribution is -2.34. The number of nitrogens with one attached hydrogen (secondary N) is 2. The van der Waals surface area contributed by atoms with Gasteiger partial charge < -0.3 is 10.4 Å². The summed E-state index contributed by atoms with van der Waals surface area (Å²) in [6, 6.07) is 4.12. The highest BCUT2D eigenvalue weighted by atomic mass is 79.9. The van der Waals surface area contributed by atoms with Gasteiger partial charge in [0.1, 0.15) is 5.75 Å². The number of rotatable bonds is 1. The number of amides is 2. The van der Waals surface area contributed by atoms with Crippen molar-refractivity contribution in [3.05, 3.63) is 22.7 Å². The van der Waals surface area contributed by atoms with Crippen molar-refractivity contribution in [1.29, 1.82) is 0 Å². The summed E-state index contributed by atoms with van der Waals surface area (Å²) in [6.45, 7) is 0. The maximum atomic E-state index is 10.7. The van der Waals surface area contributed by atoms with Gasteiger partial charge in [-0.2, -0.15) is 0 Å². The fraction of sp³-hybridized carbons (Fsp3) is 0. The van der Waals surface area contributed by atoms with Crippen LogP contribution in [0.15, 0.2) is 22.7 Å². The molecule has 1 aromatic rings. The van der Waals surface area contributed by atoms with Gasteiger partial charge in [0, 0.05) is 4.47 Å². The number of urea groups is 1. The third-order valence-electron chi connectivity index (χ3n) is 1.34. The molecule has 0 aliphatic heterocycles. The second-order valence-corrected chi connectivity index (χ2v) is 3.18. The highest BCUT2D eigenvalue weighted by Crippen LogP contribution is 2.26. The van der Waals surface area contributed by atoms with Crippen LogP contribution in [0.1, 0.15) is 0 Å². The van der Waals surface area contributed by atoms with Gasteiger partial charge >= 0.3 is 6.03 Å². The number of carbonyl (C=O) groups excluding carboxylic acids is 1. The van der Waals surface area contributed by atoms with Crippen LogP contribution in [0.4, 0.5) is 10.5 Å². The smallest absolute Gasteiger partial charge is 0.333 e. The molecule has 6 heteroatoms. The van der Waals surface area contributed by atoms with Crippen LogP contribution in [0, 0.1) is 0 Å². The second-order valence-electron chi connectivity index (χ2n) is 2.26. The minimum Gasteiger partial charge on any atom is -0.506 e. The zero-order chi connectivity index (χ0) is 9.84. The maximum Gasteiger partial charge on any atom is 0.333 e. The number of nitrogens with two attached hydrogens (primary N) is 1. The van der Waals surface area contributed by atoms with E-state index < -0.39 is 6.03 Å². The molecule has 0 bridgehead atoms. The number of anilines is 1. The molecular weight excluding hydrogens is 238 g/mol. The van der Waals surface area contributed by atoms with Gasteiger partial charge in [-0.1, -0.05) is 15.9 Å². The Morgan fingerprint density at radius 3 is 2.77 bits per heavy atom. The monoisotopic (exact) mass is 245 g/mol. The molecule has 0 unspecified atom stereocenters. The highest BCUT2D eigenvalue weighted by Gasteiger charge is 2.04. The zero-order valence-electron chi connectivity index (χ0n) is 6.54. The standard InChI is InChI=1S/C7H8BrN3O2/c8-4-1-2-5(6(12)3-4)10-7(13)11-9/h1-3,12H,9H2,(H2,10,11,13). The Bertz CT molecular complexity index is 330. The van der Waals surface area contributed by atoms with E-state index >= 15 is 0 Å². The average molecular weight is 246 g/mol. The topological polar surface area (TPSA) is 87.4 Å². The van der Waals surface area contributed by atoms with Gasteiger partial charge in [0.25, 0.3) is 0 Å². The van der Waals surface area contributed by atoms with Crippen molar-refractivity contribution in [2.24, 2.45) is 5.84 Å². The molecule has 0 saturated carbocycles. The van der Waals surface area contributed by atoms with E-state index in [1.807, 2.05) is 5.43 Å². The van der Waals surface area contributed by atoms with Crippen LogP contribution in [0.2, 0.25) is 0 Å². The number of carbonyl (C=O) groups is 1. The van der Waals surface area contributed by atoms with Crippen LogP contribution in [0.25, 0.3) is 0 Å². The summed E-state index contributed by atoms with van der Waals surface area (Å²) in [5.74, 6) is 4.82. The van der Waals surface area contributed by atoms with E-state index in [0.717, 1.165) is 4.47 Å². The Kier molecular flexibility index (Phi) is 3.10. The molecule has 0 saturated heterocycles. The summed E-state index contributed by atoms with van der Waals surface area (Å²) in [7, 11) is 0. The Morgan fingerprint density at radius 1 is 1.54 bits per heavy atom. The van der Waals surface area contributed by atoms with Crippen molar-refractivity contribution >= 4 is 27.6 Å². The minimum atomic E-state index is -0.586. The molecule has 0 aliphatic rings. The van der Waals surface area contributed by atoms with Crippen molar-refractivity contribution in [3.8, 4) is 5.75 Å². The minimum absolute atomic E-state index is 0.0297. The van der Waals surface area contributed by atoms with E-state index in [4.69, 9.17) is 5.84 Å². The molecule has 5 N–H and O–H groups in total. The largest absolute Gasteiger partial charge is 0.506 e. The number of hydrazine groups is 1. The zero-order valence-corrected chi connectivity index (χ0v) is 8.13. The van der Waals surface area contributed by atoms with Crippen LogP contribution < -0.4 is 16.6 Å². The number of phenolic OH excluding ortho intramolecular Hbond substituents is 1. The Hall–Kier alpha value is -1.27. The van der Waals surface area contributed by atoms with E-state index in [9.17, 15) is 9.90 Å². The molecule has 13 heavy (non-hydrogen) atoms. The van der Waals surface area contributed by atoms with Crippen LogP contribution in [-0.2, 0) is 0 Å². The van der Waals surface area contributed by atoms with Gasteiger partial charge in [-0.05, 0) is 18.2 Å². The number of halogens is 1. The maximum absolute atomic E-state index is 10.7. The second kappa shape index (κ2) is 4.11. The molecule has 0 aliphatic carbocycles. The first-order chi connectivity index (χ1) is 6.13. The summed E-state index contributed by atoms with van der Waals surface area (Å²) in [5, 5.41) is 11.7. The molecular formula is C7H8BrN3O2. The van der Waals surface area contributed by atoms with Gasteiger partial charge in [0.05, 0.1) is 5.69 Å². The first-order valence-corrected chi connectivity index (χ1v) is 4.19. The predicted molar refractivity (Wildman–Crippen MR) is 52.1 cm³/mol. The fourth-order valence-corrected chi connectivity index (χ4v) is 1.12. The number of hydrogen-bond acceptors (Lipinski definition) is 3. The molecule has 1 rings (SSSR count). The van der Waals surface area contributed by atoms with Crippen LogP contribution in [-0.4, -0.2) is 11.1 Å². The van der Waals surface area contributed by atoms with Crippen LogP contribution in [0.5, 0.6) is 5.75 Å². The van der Waals surface area contributed by atoms with Crippen LogP contribution in [0.3, 0.4) is 0 Å². The highest BCUT2D eigenvalue weighted by molar-refractivity contribution is 9.10. The molecule has 0 aromatic heterocycles. The van der Waals surface area contributed by atoms with Gasteiger partial charge in [-0.15, -0.1) is 0 Å². The number of aromatic hydroxyl groups is 1. The van der Waals surface area contributed by atoms with Gasteiger partial charge in [-0.25, -0.2) is 10.6 Å². The summed E-state index contributed by atoms with van der Waals surface area (Å²) in [5.41, 5.74) is 2.18. The predicted octanol–water partition coefficient (Wildman–Crippen LogP) is 1.15. The van der Waals surface area contributed by atoms with E-state index in [2.05, 4.69) is 21.2 Å². The van der Waals surface area contributed by atoms with Crippen molar-refractivity contribution in [2.45, 2.75) is 0 Å². The van der Waals surface area contributed by atoms with Gasteiger partial charge in [0.2, 0.25) is 0 Å². The molecule has 0 fully saturated rings. The van der Waals surface area contributed by atoms with E-state index in [1.165, 1.54) is 6.07 Å². The van der Waals surface area contributed by atoms with E-state index in [1.54, 1.807) is 12.1 Å². The Balaban J connectivity index is 2.83. The first-order valence-electron chi connectivity index (χ1n) is 3.39. The molecule has 0 atom stereocenters. The lowest BCUT2D eigenvalue weighted by molar-refractivity contribution is 0.252. The summed E-state index contributed by atoms with van der Waals surface area (Å²) < 4.78 is 0.726. The number of hydrogen-bond donors (Lipinski definition) is 4. The fourth-order valence-electron chi connectivity index (χ4n) is 0.769. The first kappa shape index (κ1) is 9.82. The summed E-state index contributed by atoms with van der Waals surface area (Å²) >= 11 is 3.17.